The summed E-state index contributed by atoms with van der Waals surface area (Å²) in [6.45, 7) is 4.41. The molecule has 0 spiro atoms. The molecule has 0 bridgehead atoms. The summed E-state index contributed by atoms with van der Waals surface area (Å²) in [5.41, 5.74) is 15.2. The van der Waals surface area contributed by atoms with E-state index >= 15 is 0 Å². The average molecular weight is 669 g/mol. The molecule has 2 saturated heterocycles. The summed E-state index contributed by atoms with van der Waals surface area (Å²) < 4.78 is 0. The van der Waals surface area contributed by atoms with Gasteiger partial charge in [-0.3, -0.25) is 0 Å². The molecule has 12 N–H and O–H groups in total. The molecule has 2 aliphatic heterocycles. The van der Waals surface area contributed by atoms with Crippen molar-refractivity contribution >= 4 is 35.8 Å². The van der Waals surface area contributed by atoms with Crippen LogP contribution < -0.4 is 11.5 Å². The zero-order valence-corrected chi connectivity index (χ0v) is 26.1. The standard InChI is InChI=1S/2C12H18N2.3C2H2O4.H2O/c2*1-14-9-7-12(13,8-10-14)11-5-3-2-4-6-11;3*3-1(4)2(5)6;/h2*2-6H,7-10,13H2,1H3;3*(H,3,4)(H,5,6);1H2. The first-order valence-electron chi connectivity index (χ1n) is 13.8. The number of carboxylic acid groups (broad SMARTS) is 6. The highest BCUT2D eigenvalue weighted by atomic mass is 16.5. The number of piperidine rings is 2. The molecule has 17 heteroatoms. The van der Waals surface area contributed by atoms with Gasteiger partial charge >= 0.3 is 35.8 Å². The van der Waals surface area contributed by atoms with Gasteiger partial charge < -0.3 is 57.4 Å². The molecule has 2 aromatic rings. The van der Waals surface area contributed by atoms with E-state index in [1.165, 1.54) is 11.1 Å². The normalized spacial score (nSPS) is 16.0. The lowest BCUT2D eigenvalue weighted by atomic mass is 9.82. The maximum absolute atomic E-state index is 9.10. The maximum atomic E-state index is 9.10. The number of benzene rings is 2. The Morgan fingerprint density at radius 2 is 0.681 bits per heavy atom. The van der Waals surface area contributed by atoms with Crippen LogP contribution in [0.1, 0.15) is 36.8 Å². The van der Waals surface area contributed by atoms with Crippen molar-refractivity contribution in [2.24, 2.45) is 11.5 Å². The summed E-state index contributed by atoms with van der Waals surface area (Å²) in [5, 5.41) is 44.3. The van der Waals surface area contributed by atoms with Crippen molar-refractivity contribution in [1.29, 1.82) is 0 Å². The molecule has 0 amide bonds. The molecule has 17 nitrogen and oxygen atoms in total. The predicted molar refractivity (Wildman–Crippen MR) is 168 cm³/mol. The van der Waals surface area contributed by atoms with Crippen LogP contribution in [0.25, 0.3) is 0 Å². The maximum Gasteiger partial charge on any atom is 0.414 e. The molecule has 2 aliphatic rings. The van der Waals surface area contributed by atoms with Crippen molar-refractivity contribution < 1.29 is 64.9 Å². The molecule has 0 aliphatic carbocycles. The Hall–Kier alpha value is -4.94. The number of rotatable bonds is 2. The van der Waals surface area contributed by atoms with Gasteiger partial charge in [-0.2, -0.15) is 0 Å². The summed E-state index contributed by atoms with van der Waals surface area (Å²) in [4.78, 5) is 59.3. The number of aliphatic carboxylic acids is 6. The Kier molecular flexibility index (Phi) is 20.4. The number of carboxylic acids is 6. The van der Waals surface area contributed by atoms with Gasteiger partial charge in [-0.25, -0.2) is 28.8 Å². The Morgan fingerprint density at radius 1 is 0.489 bits per heavy atom. The third-order valence-corrected chi connectivity index (χ3v) is 7.00. The van der Waals surface area contributed by atoms with Gasteiger partial charge in [0.2, 0.25) is 0 Å². The van der Waals surface area contributed by atoms with Crippen LogP contribution in [0.2, 0.25) is 0 Å². The fraction of sp³-hybridized carbons (Fsp3) is 0.400. The first-order chi connectivity index (χ1) is 21.3. The Labute approximate surface area is 270 Å². The molecule has 0 radical (unpaired) electrons. The van der Waals surface area contributed by atoms with Crippen LogP contribution in [0.15, 0.2) is 60.7 Å². The van der Waals surface area contributed by atoms with Crippen LogP contribution in [0.3, 0.4) is 0 Å². The molecule has 47 heavy (non-hydrogen) atoms. The average Bonchev–Trinajstić information content (AvgIpc) is 3.02. The number of likely N-dealkylation sites (tertiary alicyclic amines) is 2. The second-order valence-corrected chi connectivity index (χ2v) is 10.5. The van der Waals surface area contributed by atoms with Gasteiger partial charge in [0.05, 0.1) is 0 Å². The van der Waals surface area contributed by atoms with Crippen LogP contribution in [0, 0.1) is 0 Å². The van der Waals surface area contributed by atoms with E-state index in [1.807, 2.05) is 12.1 Å². The van der Waals surface area contributed by atoms with Crippen LogP contribution >= 0.6 is 0 Å². The molecule has 0 unspecified atom stereocenters. The number of hydrogen-bond donors (Lipinski definition) is 8. The summed E-state index contributed by atoms with van der Waals surface area (Å²) in [5.74, 6) is -10.9. The minimum absolute atomic E-state index is 0. The Balaban J connectivity index is 0. The fourth-order valence-corrected chi connectivity index (χ4v) is 4.15. The van der Waals surface area contributed by atoms with Crippen molar-refractivity contribution in [3.05, 3.63) is 71.8 Å². The monoisotopic (exact) mass is 668 g/mol. The van der Waals surface area contributed by atoms with E-state index in [0.29, 0.717) is 0 Å². The second kappa shape index (κ2) is 21.7. The molecule has 0 aromatic heterocycles. The van der Waals surface area contributed by atoms with Gasteiger partial charge in [-0.05, 0) is 77.1 Å². The largest absolute Gasteiger partial charge is 0.473 e. The van der Waals surface area contributed by atoms with Gasteiger partial charge in [-0.15, -0.1) is 0 Å². The summed E-state index contributed by atoms with van der Waals surface area (Å²) in [6, 6.07) is 21.0. The predicted octanol–water partition coefficient (Wildman–Crippen LogP) is -0.225. The van der Waals surface area contributed by atoms with Gasteiger partial charge in [-0.1, -0.05) is 60.7 Å². The second-order valence-electron chi connectivity index (χ2n) is 10.5. The lowest BCUT2D eigenvalue weighted by Gasteiger charge is -2.38. The molecule has 4 rings (SSSR count). The molecular formula is C30H44N4O13. The van der Waals surface area contributed by atoms with Crippen LogP contribution in [-0.4, -0.2) is 122 Å². The van der Waals surface area contributed by atoms with Crippen molar-refractivity contribution in [2.45, 2.75) is 36.8 Å². The van der Waals surface area contributed by atoms with Gasteiger partial charge in [0.25, 0.3) is 0 Å². The molecule has 2 heterocycles. The van der Waals surface area contributed by atoms with E-state index in [4.69, 9.17) is 70.9 Å². The molecular weight excluding hydrogens is 624 g/mol. The first-order valence-corrected chi connectivity index (χ1v) is 13.8. The SMILES string of the molecule is CN1CCC(N)(c2ccccc2)CC1.CN1CCC(N)(c2ccccc2)CC1.O.O=C(O)C(=O)O.O=C(O)C(=O)O.O=C(O)C(=O)O. The van der Waals surface area contributed by atoms with Gasteiger partial charge in [0.15, 0.2) is 0 Å². The van der Waals surface area contributed by atoms with Crippen molar-refractivity contribution in [3.63, 3.8) is 0 Å². The number of carbonyl (C=O) groups is 6. The molecule has 0 saturated carbocycles. The molecule has 262 valence electrons. The van der Waals surface area contributed by atoms with Crippen LogP contribution in [-0.2, 0) is 39.8 Å². The summed E-state index contributed by atoms with van der Waals surface area (Å²) in [6.07, 6.45) is 4.25. The third kappa shape index (κ3) is 18.0. The van der Waals surface area contributed by atoms with E-state index in [2.05, 4.69) is 72.4 Å². The number of nitrogens with two attached hydrogens (primary N) is 2. The molecule has 0 atom stereocenters. The molecule has 2 fully saturated rings. The number of nitrogens with zero attached hydrogens (tertiary/aromatic N) is 2. The highest BCUT2D eigenvalue weighted by Gasteiger charge is 2.31. The third-order valence-electron chi connectivity index (χ3n) is 7.00. The zero-order chi connectivity index (χ0) is 35.5. The van der Waals surface area contributed by atoms with Crippen LogP contribution in [0.4, 0.5) is 0 Å². The highest BCUT2D eigenvalue weighted by Crippen LogP contribution is 2.30. The van der Waals surface area contributed by atoms with E-state index in [1.54, 1.807) is 0 Å². The lowest BCUT2D eigenvalue weighted by molar-refractivity contribution is -0.159. The summed E-state index contributed by atoms with van der Waals surface area (Å²) in [7, 11) is 4.31. The molecule has 2 aromatic carbocycles. The zero-order valence-electron chi connectivity index (χ0n) is 26.1. The Bertz CT molecular complexity index is 1120. The van der Waals surface area contributed by atoms with Gasteiger partial charge in [0, 0.05) is 11.1 Å². The number of hydrogen-bond acceptors (Lipinski definition) is 10. The van der Waals surface area contributed by atoms with Crippen molar-refractivity contribution in [2.75, 3.05) is 40.3 Å². The lowest BCUT2D eigenvalue weighted by Crippen LogP contribution is -2.46. The smallest absolute Gasteiger partial charge is 0.414 e. The van der Waals surface area contributed by atoms with E-state index < -0.39 is 35.8 Å². The quantitative estimate of drug-likeness (QED) is 0.192. The topological polar surface area (TPSA) is 314 Å². The van der Waals surface area contributed by atoms with E-state index in [-0.39, 0.29) is 16.6 Å². The first kappa shape index (κ1) is 44.2. The summed E-state index contributed by atoms with van der Waals surface area (Å²) >= 11 is 0. The Morgan fingerprint density at radius 3 is 0.851 bits per heavy atom. The van der Waals surface area contributed by atoms with E-state index in [0.717, 1.165) is 51.9 Å². The van der Waals surface area contributed by atoms with Crippen molar-refractivity contribution in [1.82, 2.24) is 9.80 Å². The fourth-order valence-electron chi connectivity index (χ4n) is 4.15. The van der Waals surface area contributed by atoms with Gasteiger partial charge in [0.1, 0.15) is 0 Å². The highest BCUT2D eigenvalue weighted by molar-refractivity contribution is 6.28. The van der Waals surface area contributed by atoms with Crippen molar-refractivity contribution in [3.8, 4) is 0 Å². The van der Waals surface area contributed by atoms with Crippen LogP contribution in [0.5, 0.6) is 0 Å². The minimum atomic E-state index is -1.82. The van der Waals surface area contributed by atoms with E-state index in [9.17, 15) is 0 Å². The minimum Gasteiger partial charge on any atom is -0.473 e.